The van der Waals surface area contributed by atoms with Crippen molar-refractivity contribution in [3.8, 4) is 0 Å². The molecule has 0 aromatic heterocycles. The van der Waals surface area contributed by atoms with Crippen LogP contribution >= 0.6 is 0 Å². The maximum absolute atomic E-state index is 12.3. The molecule has 2 rings (SSSR count). The first-order valence-electron chi connectivity index (χ1n) is 6.76. The Hall–Kier alpha value is -1.51. The van der Waals surface area contributed by atoms with Gasteiger partial charge in [-0.05, 0) is 32.9 Å². The van der Waals surface area contributed by atoms with Crippen molar-refractivity contribution >= 4 is 15.7 Å². The van der Waals surface area contributed by atoms with Gasteiger partial charge in [0.15, 0.2) is 0 Å². The quantitative estimate of drug-likeness (QED) is 0.627. The molecule has 0 unspecified atom stereocenters. The molecule has 116 valence electrons. The van der Waals surface area contributed by atoms with Gasteiger partial charge < -0.3 is 5.32 Å². The molecule has 0 atom stereocenters. The smallest absolute Gasteiger partial charge is 0.273 e. The summed E-state index contributed by atoms with van der Waals surface area (Å²) in [5.74, 6) is -0.382. The lowest BCUT2D eigenvalue weighted by atomic mass is 9.92. The fourth-order valence-corrected chi connectivity index (χ4v) is 4.19. The van der Waals surface area contributed by atoms with Gasteiger partial charge in [-0.1, -0.05) is 18.2 Å². The lowest BCUT2D eigenvalue weighted by Gasteiger charge is -2.34. The molecular formula is C13H19N3O4S. The van der Waals surface area contributed by atoms with Crippen LogP contribution in [0.2, 0.25) is 0 Å². The predicted octanol–water partition coefficient (Wildman–Crippen LogP) is 1.16. The molecule has 0 amide bonds. The third kappa shape index (κ3) is 4.23. The van der Waals surface area contributed by atoms with Gasteiger partial charge in [0.05, 0.1) is 10.7 Å². The highest BCUT2D eigenvalue weighted by atomic mass is 32.2. The third-order valence-corrected chi connectivity index (χ3v) is 5.14. The molecule has 1 heterocycles. The van der Waals surface area contributed by atoms with E-state index in [9.17, 15) is 18.5 Å². The van der Waals surface area contributed by atoms with Gasteiger partial charge in [0.25, 0.3) is 5.69 Å². The Kier molecular flexibility index (Phi) is 4.60. The van der Waals surface area contributed by atoms with Crippen molar-refractivity contribution in [2.45, 2.75) is 31.1 Å². The number of nitrogens with zero attached hydrogens (tertiary/aromatic N) is 1. The molecular weight excluding hydrogens is 294 g/mol. The Labute approximate surface area is 123 Å². The first-order valence-corrected chi connectivity index (χ1v) is 8.41. The van der Waals surface area contributed by atoms with E-state index in [-0.39, 0.29) is 17.0 Å². The van der Waals surface area contributed by atoms with Crippen molar-refractivity contribution in [3.63, 3.8) is 0 Å². The Morgan fingerprint density at radius 3 is 2.57 bits per heavy atom. The lowest BCUT2D eigenvalue weighted by molar-refractivity contribution is -0.385. The van der Waals surface area contributed by atoms with Crippen LogP contribution in [0.3, 0.4) is 0 Å². The highest BCUT2D eigenvalue weighted by molar-refractivity contribution is 7.88. The van der Waals surface area contributed by atoms with Crippen molar-refractivity contribution in [2.75, 3.05) is 13.1 Å². The molecule has 0 spiro atoms. The van der Waals surface area contributed by atoms with E-state index in [0.717, 1.165) is 13.1 Å². The lowest BCUT2D eigenvalue weighted by Crippen LogP contribution is -2.52. The van der Waals surface area contributed by atoms with Crippen molar-refractivity contribution in [3.05, 3.63) is 39.9 Å². The summed E-state index contributed by atoms with van der Waals surface area (Å²) in [4.78, 5) is 10.4. The maximum atomic E-state index is 12.3. The second kappa shape index (κ2) is 6.08. The highest BCUT2D eigenvalue weighted by Gasteiger charge is 2.32. The Bertz CT molecular complexity index is 624. The first-order chi connectivity index (χ1) is 9.81. The van der Waals surface area contributed by atoms with E-state index in [0.29, 0.717) is 12.8 Å². The molecule has 7 nitrogen and oxygen atoms in total. The number of hydrogen-bond donors (Lipinski definition) is 2. The van der Waals surface area contributed by atoms with Gasteiger partial charge in [-0.25, -0.2) is 13.1 Å². The van der Waals surface area contributed by atoms with Crippen LogP contribution in [0.15, 0.2) is 24.3 Å². The summed E-state index contributed by atoms with van der Waals surface area (Å²) in [5.41, 5.74) is -0.459. The van der Waals surface area contributed by atoms with Gasteiger partial charge >= 0.3 is 0 Å². The largest absolute Gasteiger partial charge is 0.317 e. The van der Waals surface area contributed by atoms with Crippen LogP contribution in [0.25, 0.3) is 0 Å². The normalized spacial score (nSPS) is 18.3. The number of rotatable bonds is 5. The van der Waals surface area contributed by atoms with Crippen LogP contribution in [0, 0.1) is 10.1 Å². The Balaban J connectivity index is 2.16. The molecule has 0 aliphatic carbocycles. The van der Waals surface area contributed by atoms with Gasteiger partial charge in [0.1, 0.15) is 0 Å². The van der Waals surface area contributed by atoms with E-state index in [2.05, 4.69) is 10.0 Å². The second-order valence-electron chi connectivity index (χ2n) is 5.56. The van der Waals surface area contributed by atoms with Crippen LogP contribution in [-0.2, 0) is 15.8 Å². The SMILES string of the molecule is CC1(NS(=O)(=O)Cc2ccccc2[N+](=O)[O-])CCNCC1. The van der Waals surface area contributed by atoms with Gasteiger partial charge in [0, 0.05) is 17.2 Å². The van der Waals surface area contributed by atoms with Crippen LogP contribution in [-0.4, -0.2) is 32.0 Å². The van der Waals surface area contributed by atoms with Crippen LogP contribution in [0.5, 0.6) is 0 Å². The van der Waals surface area contributed by atoms with E-state index >= 15 is 0 Å². The minimum Gasteiger partial charge on any atom is -0.317 e. The van der Waals surface area contributed by atoms with E-state index < -0.39 is 20.5 Å². The summed E-state index contributed by atoms with van der Waals surface area (Å²) in [6.07, 6.45) is 1.40. The fraction of sp³-hybridized carbons (Fsp3) is 0.538. The number of nitro groups is 1. The molecule has 1 aromatic carbocycles. The van der Waals surface area contributed by atoms with E-state index in [1.54, 1.807) is 6.07 Å². The minimum absolute atomic E-state index is 0.168. The summed E-state index contributed by atoms with van der Waals surface area (Å²) in [6.45, 7) is 3.37. The number of para-hydroxylation sites is 1. The van der Waals surface area contributed by atoms with Gasteiger partial charge in [-0.3, -0.25) is 10.1 Å². The van der Waals surface area contributed by atoms with Gasteiger partial charge in [0.2, 0.25) is 10.0 Å². The number of piperidine rings is 1. The summed E-state index contributed by atoms with van der Waals surface area (Å²) < 4.78 is 27.3. The molecule has 1 saturated heterocycles. The summed E-state index contributed by atoms with van der Waals surface area (Å²) in [6, 6.07) is 5.92. The van der Waals surface area contributed by atoms with E-state index in [1.807, 2.05) is 6.92 Å². The summed E-state index contributed by atoms with van der Waals surface area (Å²) in [5, 5.41) is 14.1. The number of hydrogen-bond acceptors (Lipinski definition) is 5. The van der Waals surface area contributed by atoms with Crippen molar-refractivity contribution in [1.82, 2.24) is 10.0 Å². The number of nitro benzene ring substituents is 1. The number of sulfonamides is 1. The van der Waals surface area contributed by atoms with Gasteiger partial charge in [-0.15, -0.1) is 0 Å². The summed E-state index contributed by atoms with van der Waals surface area (Å²) in [7, 11) is -3.63. The predicted molar refractivity (Wildman–Crippen MR) is 79.4 cm³/mol. The molecule has 0 saturated carbocycles. The minimum atomic E-state index is -3.63. The molecule has 0 bridgehead atoms. The molecule has 1 fully saturated rings. The molecule has 1 aliphatic rings. The van der Waals surface area contributed by atoms with Crippen molar-refractivity contribution < 1.29 is 13.3 Å². The molecule has 1 aromatic rings. The standard InChI is InChI=1S/C13H19N3O4S/c1-13(6-8-14-9-7-13)15-21(19,20)10-11-4-2-3-5-12(11)16(17)18/h2-5,14-15H,6-10H2,1H3. The van der Waals surface area contributed by atoms with E-state index in [1.165, 1.54) is 18.2 Å². The zero-order valence-electron chi connectivity index (χ0n) is 11.8. The molecule has 21 heavy (non-hydrogen) atoms. The topological polar surface area (TPSA) is 101 Å². The number of nitrogens with one attached hydrogen (secondary N) is 2. The molecule has 2 N–H and O–H groups in total. The van der Waals surface area contributed by atoms with Crippen LogP contribution in [0.1, 0.15) is 25.3 Å². The molecule has 1 aliphatic heterocycles. The average molecular weight is 313 g/mol. The third-order valence-electron chi connectivity index (χ3n) is 3.64. The van der Waals surface area contributed by atoms with Crippen LogP contribution in [0.4, 0.5) is 5.69 Å². The van der Waals surface area contributed by atoms with Gasteiger partial charge in [-0.2, -0.15) is 0 Å². The molecule has 0 radical (unpaired) electrons. The second-order valence-corrected chi connectivity index (χ2v) is 7.28. The number of benzene rings is 1. The van der Waals surface area contributed by atoms with Crippen molar-refractivity contribution in [2.24, 2.45) is 0 Å². The fourth-order valence-electron chi connectivity index (χ4n) is 2.51. The van der Waals surface area contributed by atoms with Crippen molar-refractivity contribution in [1.29, 1.82) is 0 Å². The maximum Gasteiger partial charge on any atom is 0.273 e. The Morgan fingerprint density at radius 2 is 1.95 bits per heavy atom. The summed E-state index contributed by atoms with van der Waals surface area (Å²) >= 11 is 0. The highest BCUT2D eigenvalue weighted by Crippen LogP contribution is 2.23. The van der Waals surface area contributed by atoms with E-state index in [4.69, 9.17) is 0 Å². The monoisotopic (exact) mass is 313 g/mol. The first kappa shape index (κ1) is 15.9. The van der Waals surface area contributed by atoms with Crippen LogP contribution < -0.4 is 10.0 Å². The zero-order valence-corrected chi connectivity index (χ0v) is 12.6. The average Bonchev–Trinajstić information content (AvgIpc) is 2.37. The zero-order chi connectivity index (χ0) is 15.5. The molecule has 8 heteroatoms. The Morgan fingerprint density at radius 1 is 1.33 bits per heavy atom.